The Morgan fingerprint density at radius 3 is 2.05 bits per heavy atom. The zero-order valence-corrected chi connectivity index (χ0v) is 20.8. The number of hydroxylamine groups is 1. The van der Waals surface area contributed by atoms with Gasteiger partial charge < -0.3 is 4.74 Å². The van der Waals surface area contributed by atoms with E-state index in [9.17, 15) is 28.0 Å². The number of benzene rings is 3. The van der Waals surface area contributed by atoms with Crippen molar-refractivity contribution in [2.75, 3.05) is 13.1 Å². The highest BCUT2D eigenvalue weighted by Gasteiger charge is 2.39. The van der Waals surface area contributed by atoms with Crippen LogP contribution in [-0.4, -0.2) is 59.7 Å². The molecule has 0 bridgehead atoms. The molecule has 0 radical (unpaired) electrons. The van der Waals surface area contributed by atoms with E-state index in [4.69, 9.17) is 11.2 Å². The van der Waals surface area contributed by atoms with Crippen LogP contribution in [0.3, 0.4) is 0 Å². The third-order valence-corrected chi connectivity index (χ3v) is 7.79. The van der Waals surface area contributed by atoms with Crippen LogP contribution in [0.1, 0.15) is 27.1 Å². The van der Waals surface area contributed by atoms with E-state index < -0.39 is 40.3 Å². The first-order chi connectivity index (χ1) is 18.3. The van der Waals surface area contributed by atoms with Gasteiger partial charge in [0.15, 0.2) is 0 Å². The highest BCUT2D eigenvalue weighted by atomic mass is 32.2. The number of carbonyl (C=O) groups is 3. The van der Waals surface area contributed by atoms with Crippen LogP contribution in [0.25, 0.3) is 0 Å². The average Bonchev–Trinajstić information content (AvgIpc) is 3.18. The highest BCUT2D eigenvalue weighted by Crippen LogP contribution is 2.27. The highest BCUT2D eigenvalue weighted by molar-refractivity contribution is 7.89. The van der Waals surface area contributed by atoms with E-state index in [2.05, 4.69) is 5.92 Å². The standard InChI is InChI=1S/C27H23N3O7S/c1-2-17-30(38(35,36)21-14-12-20(13-15-21)37-19-8-4-3-5-9-19)24(25(31)28-34)16-18-29-26(32)22-10-6-7-11-23(22)27(29)33/h1,3-15,24,34H,16-18H2,(H,28,31). The number of nitrogens with one attached hydrogen (secondary N) is 1. The van der Waals surface area contributed by atoms with Crippen LogP contribution in [0, 0.1) is 12.3 Å². The topological polar surface area (TPSA) is 133 Å². The van der Waals surface area contributed by atoms with Crippen LogP contribution >= 0.6 is 0 Å². The van der Waals surface area contributed by atoms with Gasteiger partial charge in [0.05, 0.1) is 22.6 Å². The fraction of sp³-hybridized carbons (Fsp3) is 0.148. The SMILES string of the molecule is C#CCN(C(CCN1C(=O)c2ccccc2C1=O)C(=O)NO)S(=O)(=O)c1ccc(Oc2ccccc2)cc1. The fourth-order valence-corrected chi connectivity index (χ4v) is 5.60. The van der Waals surface area contributed by atoms with Gasteiger partial charge in [-0.3, -0.25) is 24.5 Å². The minimum absolute atomic E-state index is 0.176. The van der Waals surface area contributed by atoms with Crippen LogP contribution in [-0.2, 0) is 14.8 Å². The van der Waals surface area contributed by atoms with Crippen molar-refractivity contribution < 1.29 is 32.7 Å². The third-order valence-electron chi connectivity index (χ3n) is 5.92. The van der Waals surface area contributed by atoms with E-state index in [0.717, 1.165) is 9.21 Å². The minimum atomic E-state index is -4.36. The maximum Gasteiger partial charge on any atom is 0.261 e. The predicted octanol–water partition coefficient (Wildman–Crippen LogP) is 2.66. The van der Waals surface area contributed by atoms with E-state index in [0.29, 0.717) is 11.5 Å². The minimum Gasteiger partial charge on any atom is -0.457 e. The third kappa shape index (κ3) is 5.28. The van der Waals surface area contributed by atoms with Gasteiger partial charge in [-0.15, -0.1) is 6.42 Å². The van der Waals surface area contributed by atoms with Gasteiger partial charge in [-0.1, -0.05) is 36.3 Å². The molecule has 0 aliphatic carbocycles. The Hall–Kier alpha value is -4.50. The molecule has 38 heavy (non-hydrogen) atoms. The van der Waals surface area contributed by atoms with Crippen molar-refractivity contribution >= 4 is 27.7 Å². The zero-order chi connectivity index (χ0) is 27.3. The summed E-state index contributed by atoms with van der Waals surface area (Å²) in [4.78, 5) is 38.8. The Bertz CT molecular complexity index is 1460. The molecule has 3 amide bonds. The first-order valence-corrected chi connectivity index (χ1v) is 12.9. The number of rotatable bonds is 10. The summed E-state index contributed by atoms with van der Waals surface area (Å²) in [6.45, 7) is -0.796. The predicted molar refractivity (Wildman–Crippen MR) is 136 cm³/mol. The van der Waals surface area contributed by atoms with Gasteiger partial charge >= 0.3 is 0 Å². The molecular weight excluding hydrogens is 510 g/mol. The molecule has 194 valence electrons. The Morgan fingerprint density at radius 2 is 1.50 bits per heavy atom. The number of hydrogen-bond donors (Lipinski definition) is 2. The van der Waals surface area contributed by atoms with E-state index in [1.807, 2.05) is 6.07 Å². The number of imide groups is 1. The zero-order valence-electron chi connectivity index (χ0n) is 20.0. The molecule has 4 rings (SSSR count). The van der Waals surface area contributed by atoms with Gasteiger partial charge in [0.1, 0.15) is 17.5 Å². The maximum absolute atomic E-state index is 13.5. The van der Waals surface area contributed by atoms with Gasteiger partial charge in [-0.2, -0.15) is 4.31 Å². The molecule has 1 aliphatic rings. The van der Waals surface area contributed by atoms with Crippen molar-refractivity contribution in [1.82, 2.24) is 14.7 Å². The van der Waals surface area contributed by atoms with Crippen LogP contribution in [0.2, 0.25) is 0 Å². The normalized spacial score (nSPS) is 13.7. The van der Waals surface area contributed by atoms with Crippen LogP contribution < -0.4 is 10.2 Å². The van der Waals surface area contributed by atoms with Crippen LogP contribution in [0.5, 0.6) is 11.5 Å². The second-order valence-electron chi connectivity index (χ2n) is 8.23. The van der Waals surface area contributed by atoms with Crippen molar-refractivity contribution in [3.63, 3.8) is 0 Å². The molecule has 2 N–H and O–H groups in total. The smallest absolute Gasteiger partial charge is 0.261 e. The van der Waals surface area contributed by atoms with Crippen LogP contribution in [0.15, 0.2) is 83.8 Å². The molecule has 3 aromatic carbocycles. The maximum atomic E-state index is 13.5. The molecule has 0 spiro atoms. The lowest BCUT2D eigenvalue weighted by Crippen LogP contribution is -2.50. The number of carbonyl (C=O) groups excluding carboxylic acids is 3. The molecule has 1 aliphatic heterocycles. The number of terminal acetylenes is 1. The lowest BCUT2D eigenvalue weighted by atomic mass is 10.1. The second kappa shape index (κ2) is 11.3. The number of para-hydroxylation sites is 1. The number of nitrogens with zero attached hydrogens (tertiary/aromatic N) is 2. The molecule has 3 aromatic rings. The summed E-state index contributed by atoms with van der Waals surface area (Å²) in [6.07, 6.45) is 5.11. The van der Waals surface area contributed by atoms with Crippen LogP contribution in [0.4, 0.5) is 0 Å². The Balaban J connectivity index is 1.57. The number of amides is 3. The molecule has 1 unspecified atom stereocenters. The summed E-state index contributed by atoms with van der Waals surface area (Å²) in [5.74, 6) is 0.976. The first kappa shape index (κ1) is 26.6. The van der Waals surface area contributed by atoms with Gasteiger partial charge in [0.25, 0.3) is 17.7 Å². The lowest BCUT2D eigenvalue weighted by Gasteiger charge is -2.29. The summed E-state index contributed by atoms with van der Waals surface area (Å²) in [7, 11) is -4.36. The van der Waals surface area contributed by atoms with E-state index in [1.54, 1.807) is 36.4 Å². The van der Waals surface area contributed by atoms with E-state index in [-0.39, 0.29) is 29.0 Å². The molecule has 0 saturated heterocycles. The molecule has 11 heteroatoms. The first-order valence-electron chi connectivity index (χ1n) is 11.5. The van der Waals surface area contributed by atoms with Gasteiger partial charge in [0, 0.05) is 6.54 Å². The molecule has 0 saturated carbocycles. The van der Waals surface area contributed by atoms with Crippen molar-refractivity contribution in [3.8, 4) is 23.8 Å². The summed E-state index contributed by atoms with van der Waals surface area (Å²) in [5, 5.41) is 9.34. The summed E-state index contributed by atoms with van der Waals surface area (Å²) in [5.41, 5.74) is 1.89. The molecular formula is C27H23N3O7S. The largest absolute Gasteiger partial charge is 0.457 e. The lowest BCUT2D eigenvalue weighted by molar-refractivity contribution is -0.133. The number of hydrogen-bond acceptors (Lipinski definition) is 7. The Morgan fingerprint density at radius 1 is 0.947 bits per heavy atom. The molecule has 10 nitrogen and oxygen atoms in total. The molecule has 0 fully saturated rings. The quantitative estimate of drug-likeness (QED) is 0.177. The Labute approximate surface area is 219 Å². The van der Waals surface area contributed by atoms with Gasteiger partial charge in [-0.25, -0.2) is 13.9 Å². The summed E-state index contributed by atoms with van der Waals surface area (Å²) in [6, 6.07) is 19.1. The average molecular weight is 534 g/mol. The Kier molecular flexibility index (Phi) is 7.87. The summed E-state index contributed by atoms with van der Waals surface area (Å²) >= 11 is 0. The number of fused-ring (bicyclic) bond motifs is 1. The van der Waals surface area contributed by atoms with Gasteiger partial charge in [-0.05, 0) is 55.0 Å². The monoisotopic (exact) mass is 533 g/mol. The van der Waals surface area contributed by atoms with Crippen molar-refractivity contribution in [2.45, 2.75) is 17.4 Å². The number of ether oxygens (including phenoxy) is 1. The van der Waals surface area contributed by atoms with Crippen molar-refractivity contribution in [1.29, 1.82) is 0 Å². The van der Waals surface area contributed by atoms with Crippen molar-refractivity contribution in [3.05, 3.63) is 90.0 Å². The van der Waals surface area contributed by atoms with E-state index in [1.165, 1.54) is 41.9 Å². The van der Waals surface area contributed by atoms with Gasteiger partial charge in [0.2, 0.25) is 10.0 Å². The fourth-order valence-electron chi connectivity index (χ4n) is 4.07. The van der Waals surface area contributed by atoms with Crippen molar-refractivity contribution in [2.24, 2.45) is 0 Å². The molecule has 0 aromatic heterocycles. The van der Waals surface area contributed by atoms with E-state index >= 15 is 0 Å². The summed E-state index contributed by atoms with van der Waals surface area (Å²) < 4.78 is 33.5. The number of sulfonamides is 1. The second-order valence-corrected chi connectivity index (χ2v) is 10.1. The molecule has 1 atom stereocenters. The molecule has 1 heterocycles.